The fourth-order valence-electron chi connectivity index (χ4n) is 3.51. The van der Waals surface area contributed by atoms with Gasteiger partial charge in [0.25, 0.3) is 5.91 Å². The van der Waals surface area contributed by atoms with E-state index in [0.29, 0.717) is 17.8 Å². The van der Waals surface area contributed by atoms with Crippen LogP contribution in [0.5, 0.6) is 0 Å². The van der Waals surface area contributed by atoms with Crippen LogP contribution in [0.2, 0.25) is 0 Å². The number of benzene rings is 1. The number of nitrogens with one attached hydrogen (secondary N) is 2. The van der Waals surface area contributed by atoms with Crippen molar-refractivity contribution in [2.24, 2.45) is 5.92 Å². The Bertz CT molecular complexity index is 794. The first-order chi connectivity index (χ1) is 11.6. The zero-order chi connectivity index (χ0) is 16.7. The molecule has 1 aromatic heterocycles. The van der Waals surface area contributed by atoms with Gasteiger partial charge in [0.1, 0.15) is 0 Å². The molecule has 0 radical (unpaired) electrons. The molecule has 24 heavy (non-hydrogen) atoms. The third-order valence-corrected chi connectivity index (χ3v) is 4.98. The number of aryl methyl sites for hydroxylation is 1. The smallest absolute Gasteiger partial charge is 0.307 e. The van der Waals surface area contributed by atoms with Crippen LogP contribution in [0.25, 0.3) is 0 Å². The SMILES string of the molecule is O=C(Nc1ccc([C@@H]2C[C@H]2C(=O)O)cc1)c1n[nH]c2c1CCCC2. The molecule has 1 fully saturated rings. The monoisotopic (exact) mass is 325 g/mol. The molecule has 6 nitrogen and oxygen atoms in total. The van der Waals surface area contributed by atoms with Crippen LogP contribution >= 0.6 is 0 Å². The molecule has 3 N–H and O–H groups in total. The molecule has 0 saturated heterocycles. The van der Waals surface area contributed by atoms with Crippen LogP contribution in [0.3, 0.4) is 0 Å². The third kappa shape index (κ3) is 2.68. The maximum Gasteiger partial charge on any atom is 0.307 e. The van der Waals surface area contributed by atoms with Gasteiger partial charge in [0.05, 0.1) is 5.92 Å². The molecule has 2 aliphatic carbocycles. The van der Waals surface area contributed by atoms with Gasteiger partial charge >= 0.3 is 5.97 Å². The molecular weight excluding hydrogens is 306 g/mol. The Balaban J connectivity index is 1.45. The average Bonchev–Trinajstić information content (AvgIpc) is 3.28. The number of aromatic nitrogens is 2. The summed E-state index contributed by atoms with van der Waals surface area (Å²) in [6, 6.07) is 7.43. The molecular formula is C18H19N3O3. The lowest BCUT2D eigenvalue weighted by Crippen LogP contribution is -2.15. The second-order valence-corrected chi connectivity index (χ2v) is 6.60. The van der Waals surface area contributed by atoms with Gasteiger partial charge in [-0.3, -0.25) is 14.7 Å². The molecule has 2 atom stereocenters. The van der Waals surface area contributed by atoms with Gasteiger partial charge in [-0.2, -0.15) is 5.10 Å². The number of carboxylic acids is 1. The predicted octanol–water partition coefficient (Wildman–Crippen LogP) is 2.73. The van der Waals surface area contributed by atoms with Crippen LogP contribution in [0.15, 0.2) is 24.3 Å². The van der Waals surface area contributed by atoms with Crippen LogP contribution in [-0.2, 0) is 17.6 Å². The van der Waals surface area contributed by atoms with Crippen molar-refractivity contribution < 1.29 is 14.7 Å². The van der Waals surface area contributed by atoms with Crippen LogP contribution < -0.4 is 5.32 Å². The molecule has 2 aliphatic rings. The van der Waals surface area contributed by atoms with E-state index in [4.69, 9.17) is 5.11 Å². The fraction of sp³-hybridized carbons (Fsp3) is 0.389. The summed E-state index contributed by atoms with van der Waals surface area (Å²) in [5.74, 6) is -1.09. The summed E-state index contributed by atoms with van der Waals surface area (Å²) in [5.41, 5.74) is 4.32. The normalized spacial score (nSPS) is 21.8. The number of rotatable bonds is 4. The fourth-order valence-corrected chi connectivity index (χ4v) is 3.51. The largest absolute Gasteiger partial charge is 0.481 e. The van der Waals surface area contributed by atoms with E-state index >= 15 is 0 Å². The number of hydrogen-bond donors (Lipinski definition) is 3. The molecule has 1 amide bonds. The summed E-state index contributed by atoms with van der Waals surface area (Å²) in [4.78, 5) is 23.4. The minimum Gasteiger partial charge on any atom is -0.481 e. The summed E-state index contributed by atoms with van der Waals surface area (Å²) >= 11 is 0. The van der Waals surface area contributed by atoms with Crippen molar-refractivity contribution in [1.29, 1.82) is 0 Å². The number of aromatic amines is 1. The van der Waals surface area contributed by atoms with E-state index in [1.165, 1.54) is 0 Å². The lowest BCUT2D eigenvalue weighted by atomic mass is 9.96. The Labute approximate surface area is 139 Å². The second-order valence-electron chi connectivity index (χ2n) is 6.60. The average molecular weight is 325 g/mol. The Morgan fingerprint density at radius 3 is 2.62 bits per heavy atom. The number of nitrogens with zero attached hydrogens (tertiary/aromatic N) is 1. The van der Waals surface area contributed by atoms with E-state index in [-0.39, 0.29) is 17.7 Å². The number of H-pyrrole nitrogens is 1. The quantitative estimate of drug-likeness (QED) is 0.805. The summed E-state index contributed by atoms with van der Waals surface area (Å²) in [7, 11) is 0. The summed E-state index contributed by atoms with van der Waals surface area (Å²) in [6.45, 7) is 0. The van der Waals surface area contributed by atoms with E-state index in [9.17, 15) is 9.59 Å². The van der Waals surface area contributed by atoms with Crippen LogP contribution in [0, 0.1) is 5.92 Å². The van der Waals surface area contributed by atoms with E-state index in [1.54, 1.807) is 0 Å². The molecule has 124 valence electrons. The highest BCUT2D eigenvalue weighted by Gasteiger charge is 2.44. The predicted molar refractivity (Wildman–Crippen MR) is 88.1 cm³/mol. The summed E-state index contributed by atoms with van der Waals surface area (Å²) in [5, 5.41) is 19.0. The Hall–Kier alpha value is -2.63. The zero-order valence-corrected chi connectivity index (χ0v) is 13.2. The van der Waals surface area contributed by atoms with E-state index in [1.807, 2.05) is 24.3 Å². The molecule has 2 aromatic rings. The number of carbonyl (C=O) groups is 2. The van der Waals surface area contributed by atoms with Crippen molar-refractivity contribution in [3.63, 3.8) is 0 Å². The van der Waals surface area contributed by atoms with Crippen molar-refractivity contribution >= 4 is 17.6 Å². The van der Waals surface area contributed by atoms with E-state index in [0.717, 1.165) is 42.5 Å². The van der Waals surface area contributed by atoms with E-state index < -0.39 is 5.97 Å². The highest BCUT2D eigenvalue weighted by Crippen LogP contribution is 2.47. The first-order valence-electron chi connectivity index (χ1n) is 8.33. The zero-order valence-electron chi connectivity index (χ0n) is 13.2. The molecule has 4 rings (SSSR count). The minimum absolute atomic E-state index is 0.102. The van der Waals surface area contributed by atoms with Crippen molar-refractivity contribution in [2.45, 2.75) is 38.0 Å². The van der Waals surface area contributed by atoms with Crippen molar-refractivity contribution in [2.75, 3.05) is 5.32 Å². The third-order valence-electron chi connectivity index (χ3n) is 4.98. The Morgan fingerprint density at radius 1 is 1.17 bits per heavy atom. The summed E-state index contributed by atoms with van der Waals surface area (Å²) in [6.07, 6.45) is 4.77. The van der Waals surface area contributed by atoms with Gasteiger partial charge in [0, 0.05) is 16.9 Å². The Morgan fingerprint density at radius 2 is 1.92 bits per heavy atom. The number of hydrogen-bond acceptors (Lipinski definition) is 3. The van der Waals surface area contributed by atoms with Gasteiger partial charge < -0.3 is 10.4 Å². The molecule has 0 bridgehead atoms. The lowest BCUT2D eigenvalue weighted by Gasteiger charge is -2.11. The van der Waals surface area contributed by atoms with Crippen molar-refractivity contribution in [1.82, 2.24) is 10.2 Å². The number of aliphatic carboxylic acids is 1. The molecule has 1 saturated carbocycles. The Kier molecular flexibility index (Phi) is 3.59. The number of carbonyl (C=O) groups excluding carboxylic acids is 1. The van der Waals surface area contributed by atoms with Gasteiger partial charge in [-0.05, 0) is 55.7 Å². The van der Waals surface area contributed by atoms with Crippen LogP contribution in [-0.4, -0.2) is 27.2 Å². The maximum atomic E-state index is 12.4. The number of amides is 1. The van der Waals surface area contributed by atoms with Crippen molar-refractivity contribution in [3.05, 3.63) is 46.8 Å². The van der Waals surface area contributed by atoms with E-state index in [2.05, 4.69) is 15.5 Å². The molecule has 0 unspecified atom stereocenters. The first kappa shape index (κ1) is 14.9. The molecule has 6 heteroatoms. The van der Waals surface area contributed by atoms with Gasteiger partial charge in [-0.25, -0.2) is 0 Å². The van der Waals surface area contributed by atoms with Gasteiger partial charge in [0.15, 0.2) is 5.69 Å². The number of carboxylic acid groups (broad SMARTS) is 1. The maximum absolute atomic E-state index is 12.4. The highest BCUT2D eigenvalue weighted by atomic mass is 16.4. The molecule has 0 aliphatic heterocycles. The highest BCUT2D eigenvalue weighted by molar-refractivity contribution is 6.04. The minimum atomic E-state index is -0.735. The van der Waals surface area contributed by atoms with Gasteiger partial charge in [0.2, 0.25) is 0 Å². The first-order valence-corrected chi connectivity index (χ1v) is 8.33. The van der Waals surface area contributed by atoms with Gasteiger partial charge in [-0.1, -0.05) is 12.1 Å². The number of anilines is 1. The standard InChI is InChI=1S/C18H19N3O3/c22-17(16-12-3-1-2-4-15(12)20-21-16)19-11-7-5-10(6-8-11)13-9-14(13)18(23)24/h5-8,13-14H,1-4,9H2,(H,19,22)(H,20,21)(H,23,24)/t13-,14+/m0/s1. The molecule has 0 spiro atoms. The molecule has 1 heterocycles. The second kappa shape index (κ2) is 5.78. The number of fused-ring (bicyclic) bond motifs is 1. The lowest BCUT2D eigenvalue weighted by molar-refractivity contribution is -0.138. The molecule has 1 aromatic carbocycles. The van der Waals surface area contributed by atoms with Crippen molar-refractivity contribution in [3.8, 4) is 0 Å². The van der Waals surface area contributed by atoms with Gasteiger partial charge in [-0.15, -0.1) is 0 Å². The van der Waals surface area contributed by atoms with Crippen LogP contribution in [0.4, 0.5) is 5.69 Å². The summed E-state index contributed by atoms with van der Waals surface area (Å²) < 4.78 is 0. The van der Waals surface area contributed by atoms with Crippen LogP contribution in [0.1, 0.15) is 52.5 Å². The topological polar surface area (TPSA) is 95.1 Å².